The molecule has 0 bridgehead atoms. The number of hydrogen-bond acceptors (Lipinski definition) is 3. The fourth-order valence-electron chi connectivity index (χ4n) is 2.80. The number of rotatable bonds is 3. The van der Waals surface area contributed by atoms with E-state index in [0.717, 1.165) is 25.9 Å². The maximum atomic E-state index is 4.39. The van der Waals surface area contributed by atoms with Crippen molar-refractivity contribution in [2.75, 3.05) is 13.1 Å². The Morgan fingerprint density at radius 2 is 1.74 bits per heavy atom. The van der Waals surface area contributed by atoms with Crippen LogP contribution >= 0.6 is 0 Å². The van der Waals surface area contributed by atoms with Gasteiger partial charge in [-0.05, 0) is 52.6 Å². The van der Waals surface area contributed by atoms with Crippen LogP contribution in [-0.4, -0.2) is 40.3 Å². The fourth-order valence-corrected chi connectivity index (χ4v) is 2.80. The van der Waals surface area contributed by atoms with Crippen LogP contribution in [0.2, 0.25) is 5.82 Å². The summed E-state index contributed by atoms with van der Waals surface area (Å²) in [6.07, 6.45) is 4.52. The third-order valence-corrected chi connectivity index (χ3v) is 3.59. The first kappa shape index (κ1) is 14.6. The summed E-state index contributed by atoms with van der Waals surface area (Å²) in [5.41, 5.74) is 2.58. The van der Waals surface area contributed by atoms with Gasteiger partial charge in [0.15, 0.2) is 0 Å². The van der Waals surface area contributed by atoms with Crippen molar-refractivity contribution in [2.24, 2.45) is 0 Å². The lowest BCUT2D eigenvalue weighted by atomic mass is 9.76. The molecule has 0 atom stereocenters. The van der Waals surface area contributed by atoms with Crippen LogP contribution in [0.3, 0.4) is 0 Å². The lowest BCUT2D eigenvalue weighted by molar-refractivity contribution is 0.418. The van der Waals surface area contributed by atoms with E-state index in [1.54, 1.807) is 0 Å². The quantitative estimate of drug-likeness (QED) is 0.784. The number of nitrogens with zero attached hydrogens (tertiary/aromatic N) is 4. The van der Waals surface area contributed by atoms with E-state index in [4.69, 9.17) is 0 Å². The van der Waals surface area contributed by atoms with Gasteiger partial charge in [0.2, 0.25) is 7.41 Å². The Hall–Kier alpha value is -0.835. The van der Waals surface area contributed by atoms with Crippen LogP contribution < -0.4 is 0 Å². The smallest absolute Gasteiger partial charge is 0.211 e. The van der Waals surface area contributed by atoms with Crippen LogP contribution in [0.25, 0.3) is 0 Å². The molecule has 105 valence electrons. The first-order chi connectivity index (χ1) is 9.08. The summed E-state index contributed by atoms with van der Waals surface area (Å²) >= 11 is 0. The average molecular weight is 261 g/mol. The predicted molar refractivity (Wildman–Crippen MR) is 79.5 cm³/mol. The molecule has 0 amide bonds. The molecule has 0 saturated carbocycles. The lowest BCUT2D eigenvalue weighted by Gasteiger charge is -2.22. The largest absolute Gasteiger partial charge is 0.346 e. The first-order valence-corrected chi connectivity index (χ1v) is 7.60. The summed E-state index contributed by atoms with van der Waals surface area (Å²) in [5.74, 6) is 0.632. The van der Waals surface area contributed by atoms with Crippen molar-refractivity contribution in [1.29, 1.82) is 0 Å². The molecule has 2 heterocycles. The van der Waals surface area contributed by atoms with Gasteiger partial charge in [-0.25, -0.2) is 4.68 Å². The molecule has 0 saturated heterocycles. The zero-order valence-electron chi connectivity index (χ0n) is 12.8. The van der Waals surface area contributed by atoms with E-state index in [1.807, 2.05) is 0 Å². The molecule has 1 radical (unpaired) electrons. The summed E-state index contributed by atoms with van der Waals surface area (Å²) in [5, 5.41) is 8.72. The topological polar surface area (TPSA) is 34.0 Å². The lowest BCUT2D eigenvalue weighted by Crippen LogP contribution is -2.31. The molecule has 1 aliphatic heterocycles. The Morgan fingerprint density at radius 1 is 1.05 bits per heavy atom. The highest BCUT2D eigenvalue weighted by Crippen LogP contribution is 2.18. The van der Waals surface area contributed by atoms with Crippen LogP contribution in [0.5, 0.6) is 0 Å². The molecule has 1 aromatic rings. The summed E-state index contributed by atoms with van der Waals surface area (Å²) in [6.45, 7) is 11.2. The molecule has 1 aromatic heterocycles. The molecule has 1 aliphatic rings. The molecule has 5 heteroatoms. The predicted octanol–water partition coefficient (Wildman–Crippen LogP) is 2.49. The Bertz CT molecular complexity index is 400. The molecule has 19 heavy (non-hydrogen) atoms. The molecule has 0 fully saturated rings. The summed E-state index contributed by atoms with van der Waals surface area (Å²) in [6, 6.07) is 0.412. The number of aromatic nitrogens is 3. The van der Waals surface area contributed by atoms with Gasteiger partial charge >= 0.3 is 0 Å². The van der Waals surface area contributed by atoms with Crippen LogP contribution in [0.4, 0.5) is 0 Å². The second-order valence-corrected chi connectivity index (χ2v) is 6.16. The van der Waals surface area contributed by atoms with E-state index in [2.05, 4.69) is 54.9 Å². The van der Waals surface area contributed by atoms with Crippen molar-refractivity contribution in [3.05, 3.63) is 11.4 Å². The zero-order valence-corrected chi connectivity index (χ0v) is 12.8. The van der Waals surface area contributed by atoms with Gasteiger partial charge in [0.1, 0.15) is 0 Å². The van der Waals surface area contributed by atoms with Gasteiger partial charge in [-0.3, -0.25) is 0 Å². The van der Waals surface area contributed by atoms with Gasteiger partial charge in [0, 0.05) is 6.04 Å². The van der Waals surface area contributed by atoms with E-state index in [1.165, 1.54) is 24.2 Å². The van der Waals surface area contributed by atoms with Crippen molar-refractivity contribution < 1.29 is 0 Å². The van der Waals surface area contributed by atoms with E-state index < -0.39 is 0 Å². The fraction of sp³-hybridized carbons (Fsp3) is 0.857. The molecule has 0 aromatic carbocycles. The first-order valence-electron chi connectivity index (χ1n) is 7.60. The Kier molecular flexibility index (Phi) is 5.02. The van der Waals surface area contributed by atoms with Gasteiger partial charge in [-0.15, -0.1) is 5.10 Å². The Morgan fingerprint density at radius 3 is 2.37 bits per heavy atom. The molecule has 0 unspecified atom stereocenters. The second-order valence-electron chi connectivity index (χ2n) is 6.16. The van der Waals surface area contributed by atoms with Gasteiger partial charge in [0.05, 0.1) is 11.4 Å². The third kappa shape index (κ3) is 3.82. The number of hydrogen-bond donors (Lipinski definition) is 0. The van der Waals surface area contributed by atoms with E-state index >= 15 is 0 Å². The molecular formula is C14H26BN4. The molecular weight excluding hydrogens is 235 g/mol. The normalized spacial score (nSPS) is 18.0. The van der Waals surface area contributed by atoms with Gasteiger partial charge in [-0.2, -0.15) is 0 Å². The van der Waals surface area contributed by atoms with Gasteiger partial charge < -0.3 is 4.81 Å². The van der Waals surface area contributed by atoms with Gasteiger partial charge in [0.25, 0.3) is 0 Å². The molecule has 0 aliphatic carbocycles. The maximum absolute atomic E-state index is 4.39. The minimum atomic E-state index is 0.412. The highest BCUT2D eigenvalue weighted by atomic mass is 15.4. The second kappa shape index (κ2) is 6.55. The summed E-state index contributed by atoms with van der Waals surface area (Å²) in [4.78, 5) is 2.49. The van der Waals surface area contributed by atoms with Crippen molar-refractivity contribution in [3.8, 4) is 0 Å². The highest BCUT2D eigenvalue weighted by molar-refractivity contribution is 6.33. The van der Waals surface area contributed by atoms with E-state index in [9.17, 15) is 0 Å². The minimum absolute atomic E-state index is 0.412. The Labute approximate surface area is 117 Å². The number of fused-ring (bicyclic) bond motifs is 1. The van der Waals surface area contributed by atoms with Gasteiger partial charge in [-0.1, -0.05) is 24.9 Å². The molecule has 0 spiro atoms. The molecule has 4 nitrogen and oxygen atoms in total. The van der Waals surface area contributed by atoms with Crippen LogP contribution in [0.1, 0.15) is 58.0 Å². The minimum Gasteiger partial charge on any atom is -0.346 e. The van der Waals surface area contributed by atoms with E-state index in [0.29, 0.717) is 11.9 Å². The SMILES string of the molecule is CC(C)[B]N1CCCc2nnn(C(C)C)c2CCC1. The maximum Gasteiger partial charge on any atom is 0.211 e. The van der Waals surface area contributed by atoms with Crippen LogP contribution in [0, 0.1) is 0 Å². The van der Waals surface area contributed by atoms with Crippen molar-refractivity contribution in [2.45, 2.75) is 65.2 Å². The standard InChI is InChI=1S/C14H26BN4/c1-11(2)15-18-9-5-7-13-14(8-6-10-18)19(12(3)4)17-16-13/h11-12H,5-10H2,1-4H3. The van der Waals surface area contributed by atoms with Crippen molar-refractivity contribution in [1.82, 2.24) is 19.8 Å². The zero-order chi connectivity index (χ0) is 13.8. The average Bonchev–Trinajstić information content (AvgIpc) is 2.73. The number of aryl methyl sites for hydroxylation is 1. The Balaban J connectivity index is 2.05. The summed E-state index contributed by atoms with van der Waals surface area (Å²) in [7, 11) is 2.37. The third-order valence-electron chi connectivity index (χ3n) is 3.59. The van der Waals surface area contributed by atoms with E-state index in [-0.39, 0.29) is 0 Å². The van der Waals surface area contributed by atoms with Crippen molar-refractivity contribution >= 4 is 7.41 Å². The molecule has 2 rings (SSSR count). The molecule has 0 N–H and O–H groups in total. The summed E-state index contributed by atoms with van der Waals surface area (Å²) < 4.78 is 2.11. The van der Waals surface area contributed by atoms with Crippen LogP contribution in [-0.2, 0) is 12.8 Å². The van der Waals surface area contributed by atoms with Crippen LogP contribution in [0.15, 0.2) is 0 Å². The van der Waals surface area contributed by atoms with Crippen molar-refractivity contribution in [3.63, 3.8) is 0 Å². The highest BCUT2D eigenvalue weighted by Gasteiger charge is 2.18. The monoisotopic (exact) mass is 261 g/mol.